The molecule has 0 saturated carbocycles. The molecule has 0 aromatic heterocycles. The van der Waals surface area contributed by atoms with Crippen molar-refractivity contribution in [1.82, 2.24) is 5.32 Å². The van der Waals surface area contributed by atoms with Crippen molar-refractivity contribution in [3.05, 3.63) is 57.6 Å². The Kier molecular flexibility index (Phi) is 7.20. The van der Waals surface area contributed by atoms with Gasteiger partial charge in [0.1, 0.15) is 5.57 Å². The molecule has 1 fully saturated rings. The van der Waals surface area contributed by atoms with E-state index in [0.29, 0.717) is 35.3 Å². The van der Waals surface area contributed by atoms with E-state index in [1.807, 2.05) is 13.8 Å². The van der Waals surface area contributed by atoms with Gasteiger partial charge in [0.25, 0.3) is 11.8 Å². The van der Waals surface area contributed by atoms with Gasteiger partial charge < -0.3 is 9.47 Å². The number of benzene rings is 2. The number of anilines is 1. The third kappa shape index (κ3) is 5.00. The summed E-state index contributed by atoms with van der Waals surface area (Å²) in [6, 6.07) is 8.48. The number of hydrogen-bond acceptors (Lipinski definition) is 5. The van der Waals surface area contributed by atoms with Crippen molar-refractivity contribution in [2.75, 3.05) is 18.1 Å². The Labute approximate surface area is 189 Å². The van der Waals surface area contributed by atoms with Gasteiger partial charge in [0.15, 0.2) is 11.5 Å². The van der Waals surface area contributed by atoms with Gasteiger partial charge in [0.05, 0.1) is 18.9 Å². The largest absolute Gasteiger partial charge is 0.490 e. The first-order valence-electron chi connectivity index (χ1n) is 9.61. The molecule has 9 heteroatoms. The number of carbonyl (C=O) groups is 3. The van der Waals surface area contributed by atoms with Gasteiger partial charge in [-0.2, -0.15) is 0 Å². The molecule has 31 heavy (non-hydrogen) atoms. The van der Waals surface area contributed by atoms with Crippen molar-refractivity contribution in [2.24, 2.45) is 0 Å². The monoisotopic (exact) mass is 462 g/mol. The maximum atomic E-state index is 13.1. The molecule has 0 spiro atoms. The number of imide groups is 2. The van der Waals surface area contributed by atoms with E-state index in [2.05, 4.69) is 5.32 Å². The quantitative estimate of drug-likeness (QED) is 0.469. The van der Waals surface area contributed by atoms with E-state index in [1.165, 1.54) is 18.2 Å². The van der Waals surface area contributed by atoms with Gasteiger partial charge in [-0.1, -0.05) is 36.2 Å². The van der Waals surface area contributed by atoms with Crippen LogP contribution < -0.4 is 19.7 Å². The second-order valence-corrected chi connectivity index (χ2v) is 7.38. The Bertz CT molecular complexity index is 1070. The number of amides is 4. The van der Waals surface area contributed by atoms with E-state index in [-0.39, 0.29) is 16.3 Å². The number of nitrogens with zero attached hydrogens (tertiary/aromatic N) is 1. The van der Waals surface area contributed by atoms with Crippen molar-refractivity contribution < 1.29 is 23.9 Å². The molecule has 0 radical (unpaired) electrons. The van der Waals surface area contributed by atoms with Gasteiger partial charge in [-0.25, -0.2) is 9.69 Å². The molecular formula is C22H20Cl2N2O5. The van der Waals surface area contributed by atoms with Gasteiger partial charge in [0.2, 0.25) is 0 Å². The van der Waals surface area contributed by atoms with Crippen LogP contribution in [0.15, 0.2) is 42.0 Å². The fourth-order valence-corrected chi connectivity index (χ4v) is 3.36. The van der Waals surface area contributed by atoms with Crippen LogP contribution in [0.3, 0.4) is 0 Å². The van der Waals surface area contributed by atoms with Crippen LogP contribution in [0.1, 0.15) is 25.8 Å². The van der Waals surface area contributed by atoms with E-state index in [9.17, 15) is 14.4 Å². The summed E-state index contributed by atoms with van der Waals surface area (Å²) in [6.07, 6.45) is 2.13. The number of urea groups is 1. The SMILES string of the molecule is CCCOc1ccc(N2C(=O)NC(=O)/C(=C\c3ccc(Cl)cc3Cl)C2=O)cc1OCC. The van der Waals surface area contributed by atoms with E-state index in [4.69, 9.17) is 32.7 Å². The number of barbiturate groups is 1. The average molecular weight is 463 g/mol. The number of rotatable bonds is 7. The van der Waals surface area contributed by atoms with Gasteiger partial charge in [-0.3, -0.25) is 14.9 Å². The molecule has 1 heterocycles. The standard InChI is InChI=1S/C22H20Cl2N2O5/c1-3-9-31-18-8-7-15(12-19(18)30-4-2)26-21(28)16(20(27)25-22(26)29)10-13-5-6-14(23)11-17(13)24/h5-8,10-12H,3-4,9H2,1-2H3,(H,25,27,29)/b16-10+. The van der Waals surface area contributed by atoms with Crippen LogP contribution in [0, 0.1) is 0 Å². The Morgan fingerprint density at radius 2 is 1.77 bits per heavy atom. The minimum atomic E-state index is -0.862. The highest BCUT2D eigenvalue weighted by Gasteiger charge is 2.37. The van der Waals surface area contributed by atoms with Crippen LogP contribution in [0.4, 0.5) is 10.5 Å². The predicted octanol–water partition coefficient (Wildman–Crippen LogP) is 4.85. The topological polar surface area (TPSA) is 84.9 Å². The molecule has 7 nitrogen and oxygen atoms in total. The van der Waals surface area contributed by atoms with Gasteiger partial charge >= 0.3 is 6.03 Å². The third-order valence-corrected chi connectivity index (χ3v) is 4.87. The minimum absolute atomic E-state index is 0.232. The third-order valence-electron chi connectivity index (χ3n) is 4.31. The van der Waals surface area contributed by atoms with E-state index in [0.717, 1.165) is 11.3 Å². The lowest BCUT2D eigenvalue weighted by molar-refractivity contribution is -0.122. The summed E-state index contributed by atoms with van der Waals surface area (Å²) in [5, 5.41) is 2.86. The molecule has 1 aliphatic rings. The van der Waals surface area contributed by atoms with Crippen molar-refractivity contribution >= 4 is 52.8 Å². The summed E-state index contributed by atoms with van der Waals surface area (Å²) in [7, 11) is 0. The fourth-order valence-electron chi connectivity index (χ4n) is 2.90. The zero-order valence-electron chi connectivity index (χ0n) is 16.9. The smallest absolute Gasteiger partial charge is 0.335 e. The molecule has 0 bridgehead atoms. The van der Waals surface area contributed by atoms with Gasteiger partial charge in [-0.15, -0.1) is 0 Å². The number of halogens is 2. The lowest BCUT2D eigenvalue weighted by Gasteiger charge is -2.27. The highest BCUT2D eigenvalue weighted by Crippen LogP contribution is 2.34. The van der Waals surface area contributed by atoms with Gasteiger partial charge in [0, 0.05) is 16.1 Å². The van der Waals surface area contributed by atoms with Crippen LogP contribution in [0.2, 0.25) is 10.0 Å². The van der Waals surface area contributed by atoms with E-state index < -0.39 is 17.8 Å². The number of nitrogens with one attached hydrogen (secondary N) is 1. The summed E-state index contributed by atoms with van der Waals surface area (Å²) in [4.78, 5) is 38.8. The molecule has 1 N–H and O–H groups in total. The highest BCUT2D eigenvalue weighted by molar-refractivity contribution is 6.40. The zero-order chi connectivity index (χ0) is 22.5. The average Bonchev–Trinajstić information content (AvgIpc) is 2.72. The minimum Gasteiger partial charge on any atom is -0.490 e. The molecule has 0 atom stereocenters. The summed E-state index contributed by atoms with van der Waals surface area (Å²) >= 11 is 12.1. The number of hydrogen-bond donors (Lipinski definition) is 1. The van der Waals surface area contributed by atoms with Crippen molar-refractivity contribution in [3.8, 4) is 11.5 Å². The molecule has 4 amide bonds. The second-order valence-electron chi connectivity index (χ2n) is 6.54. The van der Waals surface area contributed by atoms with Crippen molar-refractivity contribution in [2.45, 2.75) is 20.3 Å². The van der Waals surface area contributed by atoms with Crippen molar-refractivity contribution in [1.29, 1.82) is 0 Å². The highest BCUT2D eigenvalue weighted by atomic mass is 35.5. The molecule has 2 aromatic carbocycles. The first-order valence-corrected chi connectivity index (χ1v) is 10.4. The van der Waals surface area contributed by atoms with Crippen LogP contribution in [0.5, 0.6) is 11.5 Å². The van der Waals surface area contributed by atoms with Crippen LogP contribution in [-0.2, 0) is 9.59 Å². The van der Waals surface area contributed by atoms with E-state index in [1.54, 1.807) is 24.3 Å². The lowest BCUT2D eigenvalue weighted by Crippen LogP contribution is -2.54. The first kappa shape index (κ1) is 22.7. The summed E-state index contributed by atoms with van der Waals surface area (Å²) in [6.45, 7) is 4.64. The normalized spacial score (nSPS) is 15.3. The van der Waals surface area contributed by atoms with Crippen LogP contribution >= 0.6 is 23.2 Å². The second kappa shape index (κ2) is 9.85. The van der Waals surface area contributed by atoms with Gasteiger partial charge in [-0.05, 0) is 49.2 Å². The molecule has 1 aliphatic heterocycles. The Hall–Kier alpha value is -3.03. The molecular weight excluding hydrogens is 443 g/mol. The first-order chi connectivity index (χ1) is 14.8. The van der Waals surface area contributed by atoms with E-state index >= 15 is 0 Å². The van der Waals surface area contributed by atoms with Crippen molar-refractivity contribution in [3.63, 3.8) is 0 Å². The molecule has 0 aliphatic carbocycles. The molecule has 0 unspecified atom stereocenters. The number of ether oxygens (including phenoxy) is 2. The maximum Gasteiger partial charge on any atom is 0.335 e. The Morgan fingerprint density at radius 3 is 2.45 bits per heavy atom. The summed E-state index contributed by atoms with van der Waals surface area (Å²) in [5.41, 5.74) is 0.403. The number of carbonyl (C=O) groups excluding carboxylic acids is 3. The Balaban J connectivity index is 2.00. The molecule has 162 valence electrons. The Morgan fingerprint density at radius 1 is 1.00 bits per heavy atom. The molecule has 1 saturated heterocycles. The molecule has 2 aromatic rings. The zero-order valence-corrected chi connectivity index (χ0v) is 18.4. The lowest BCUT2D eigenvalue weighted by atomic mass is 10.1. The van der Waals surface area contributed by atoms with Crippen LogP contribution in [-0.4, -0.2) is 31.1 Å². The maximum absolute atomic E-state index is 13.1. The molecule has 3 rings (SSSR count). The summed E-state index contributed by atoms with van der Waals surface area (Å²) < 4.78 is 11.3. The summed E-state index contributed by atoms with van der Waals surface area (Å²) in [5.74, 6) is -0.719. The van der Waals surface area contributed by atoms with Crippen LogP contribution in [0.25, 0.3) is 6.08 Å². The predicted molar refractivity (Wildman–Crippen MR) is 119 cm³/mol. The fraction of sp³-hybridized carbons (Fsp3) is 0.227.